The van der Waals surface area contributed by atoms with Gasteiger partial charge in [-0.2, -0.15) is 13.2 Å². The van der Waals surface area contributed by atoms with Crippen molar-refractivity contribution in [2.24, 2.45) is 11.3 Å². The minimum absolute atomic E-state index is 0.0171. The molecule has 0 aromatic heterocycles. The molecule has 2 aromatic rings. The molecule has 2 aliphatic rings. The van der Waals surface area contributed by atoms with Crippen LogP contribution in [0.4, 0.5) is 13.2 Å². The predicted octanol–water partition coefficient (Wildman–Crippen LogP) is 7.35. The molecule has 0 N–H and O–H groups in total. The molecule has 2 saturated carbocycles. The lowest BCUT2D eigenvalue weighted by Gasteiger charge is -2.36. The molecule has 2 atom stereocenters. The van der Waals surface area contributed by atoms with Gasteiger partial charge >= 0.3 is 6.18 Å². The maximum atomic E-state index is 13.6. The highest BCUT2D eigenvalue weighted by atomic mass is 19.4. The summed E-state index contributed by atoms with van der Waals surface area (Å²) in [5, 5.41) is 0. The zero-order valence-corrected chi connectivity index (χ0v) is 17.3. The Kier molecular flexibility index (Phi) is 6.04. The Hall–Kier alpha value is -2.10. The molecule has 30 heavy (non-hydrogen) atoms. The van der Waals surface area contributed by atoms with Gasteiger partial charge in [-0.25, -0.2) is 0 Å². The zero-order chi connectivity index (χ0) is 21.2. The quantitative estimate of drug-likeness (QED) is 0.463. The van der Waals surface area contributed by atoms with Crippen molar-refractivity contribution >= 4 is 5.78 Å². The average Bonchev–Trinajstić information content (AvgIpc) is 3.55. The Morgan fingerprint density at radius 2 is 1.60 bits per heavy atom. The first-order valence-corrected chi connectivity index (χ1v) is 11.1. The van der Waals surface area contributed by atoms with E-state index in [1.807, 2.05) is 6.07 Å². The summed E-state index contributed by atoms with van der Waals surface area (Å²) in [5.41, 5.74) is 1.33. The van der Waals surface area contributed by atoms with Gasteiger partial charge in [-0.05, 0) is 67.7 Å². The summed E-state index contributed by atoms with van der Waals surface area (Å²) < 4.78 is 38.5. The number of rotatable bonds is 7. The van der Waals surface area contributed by atoms with Gasteiger partial charge in [0.1, 0.15) is 5.78 Å². The number of aryl methyl sites for hydroxylation is 1. The van der Waals surface area contributed by atoms with Crippen LogP contribution in [-0.4, -0.2) is 5.78 Å². The zero-order valence-electron chi connectivity index (χ0n) is 17.3. The topological polar surface area (TPSA) is 17.1 Å². The molecule has 2 aliphatic carbocycles. The normalized spacial score (nSPS) is 23.2. The smallest absolute Gasteiger partial charge is 0.299 e. The summed E-state index contributed by atoms with van der Waals surface area (Å²) in [6.07, 6.45) is 4.73. The van der Waals surface area contributed by atoms with Crippen LogP contribution in [0.15, 0.2) is 54.6 Å². The monoisotopic (exact) mass is 414 g/mol. The fraction of sp³-hybridized carbons (Fsp3) is 0.500. The maximum absolute atomic E-state index is 13.6. The molecule has 4 rings (SSSR count). The molecule has 0 radical (unpaired) electrons. The number of halogens is 3. The predicted molar refractivity (Wildman–Crippen MR) is 112 cm³/mol. The molecule has 0 heterocycles. The van der Waals surface area contributed by atoms with Crippen molar-refractivity contribution in [1.29, 1.82) is 0 Å². The molecular formula is C26H29F3O. The van der Waals surface area contributed by atoms with Gasteiger partial charge in [-0.1, -0.05) is 61.7 Å². The van der Waals surface area contributed by atoms with Gasteiger partial charge in [-0.15, -0.1) is 0 Å². The van der Waals surface area contributed by atoms with Crippen LogP contribution >= 0.6 is 0 Å². The first-order valence-electron chi connectivity index (χ1n) is 11.1. The lowest BCUT2D eigenvalue weighted by molar-refractivity contribution is -0.137. The van der Waals surface area contributed by atoms with Crippen LogP contribution < -0.4 is 0 Å². The number of carbonyl (C=O) groups is 1. The van der Waals surface area contributed by atoms with Gasteiger partial charge < -0.3 is 0 Å². The molecule has 0 amide bonds. The lowest BCUT2D eigenvalue weighted by Crippen LogP contribution is -2.35. The number of alkyl halides is 3. The van der Waals surface area contributed by atoms with E-state index in [-0.39, 0.29) is 17.3 Å². The molecule has 160 valence electrons. The molecule has 4 heteroatoms. The Balaban J connectivity index is 1.41. The first kappa shape index (κ1) is 21.1. The largest absolute Gasteiger partial charge is 0.416 e. The number of Topliss-reactive ketones (excluding diaryl/α,β-unsaturated/α-hetero) is 1. The number of ketones is 1. The van der Waals surface area contributed by atoms with Crippen molar-refractivity contribution < 1.29 is 18.0 Å². The Morgan fingerprint density at radius 3 is 2.23 bits per heavy atom. The van der Waals surface area contributed by atoms with E-state index in [4.69, 9.17) is 0 Å². The highest BCUT2D eigenvalue weighted by Gasteiger charge is 2.51. The summed E-state index contributed by atoms with van der Waals surface area (Å²) >= 11 is 0. The molecule has 2 fully saturated rings. The molecule has 2 unspecified atom stereocenters. The average molecular weight is 415 g/mol. The molecule has 0 spiro atoms. The van der Waals surface area contributed by atoms with Crippen LogP contribution in [-0.2, 0) is 17.4 Å². The van der Waals surface area contributed by atoms with Crippen molar-refractivity contribution in [2.75, 3.05) is 0 Å². The highest BCUT2D eigenvalue weighted by Crippen LogP contribution is 2.55. The van der Waals surface area contributed by atoms with Crippen molar-refractivity contribution in [3.63, 3.8) is 0 Å². The van der Waals surface area contributed by atoms with Crippen LogP contribution in [0, 0.1) is 11.3 Å². The second-order valence-corrected chi connectivity index (χ2v) is 9.11. The van der Waals surface area contributed by atoms with Gasteiger partial charge in [-0.3, -0.25) is 4.79 Å². The van der Waals surface area contributed by atoms with Crippen LogP contribution in [0.1, 0.15) is 74.0 Å². The summed E-state index contributed by atoms with van der Waals surface area (Å²) in [5.74, 6) is 0.449. The summed E-state index contributed by atoms with van der Waals surface area (Å²) in [6, 6.07) is 15.8. The van der Waals surface area contributed by atoms with E-state index < -0.39 is 11.7 Å². The lowest BCUT2D eigenvalue weighted by atomic mass is 9.66. The van der Waals surface area contributed by atoms with E-state index >= 15 is 0 Å². The third-order valence-electron chi connectivity index (χ3n) is 7.09. The molecular weight excluding hydrogens is 385 g/mol. The highest BCUT2D eigenvalue weighted by molar-refractivity contribution is 5.90. The SMILES string of the molecule is O=C(C1CC1c1ccc(C(F)(F)F)cc1)C1(CCCc2ccccc2)CCCCC1. The van der Waals surface area contributed by atoms with Crippen LogP contribution in [0.25, 0.3) is 0 Å². The Morgan fingerprint density at radius 1 is 0.933 bits per heavy atom. The minimum Gasteiger partial charge on any atom is -0.299 e. The molecule has 0 aliphatic heterocycles. The maximum Gasteiger partial charge on any atom is 0.416 e. The summed E-state index contributed by atoms with van der Waals surface area (Å²) in [7, 11) is 0. The van der Waals surface area contributed by atoms with Crippen molar-refractivity contribution in [1.82, 2.24) is 0 Å². The Labute approximate surface area is 176 Å². The van der Waals surface area contributed by atoms with Gasteiger partial charge in [0.05, 0.1) is 5.56 Å². The van der Waals surface area contributed by atoms with Gasteiger partial charge in [0.25, 0.3) is 0 Å². The first-order chi connectivity index (χ1) is 14.4. The number of carbonyl (C=O) groups excluding carboxylic acids is 1. The van der Waals surface area contributed by atoms with Gasteiger partial charge in [0, 0.05) is 11.3 Å². The van der Waals surface area contributed by atoms with E-state index in [1.165, 1.54) is 12.0 Å². The summed E-state index contributed by atoms with van der Waals surface area (Å²) in [4.78, 5) is 13.6. The van der Waals surface area contributed by atoms with E-state index in [0.717, 1.165) is 69.1 Å². The Bertz CT molecular complexity index is 848. The van der Waals surface area contributed by atoms with Crippen LogP contribution in [0.5, 0.6) is 0 Å². The van der Waals surface area contributed by atoms with Crippen molar-refractivity contribution in [3.8, 4) is 0 Å². The second-order valence-electron chi connectivity index (χ2n) is 9.11. The molecule has 0 bridgehead atoms. The fourth-order valence-corrected chi connectivity index (χ4v) is 5.29. The van der Waals surface area contributed by atoms with Gasteiger partial charge in [0.15, 0.2) is 0 Å². The van der Waals surface area contributed by atoms with Crippen LogP contribution in [0.3, 0.4) is 0 Å². The fourth-order valence-electron chi connectivity index (χ4n) is 5.29. The van der Waals surface area contributed by atoms with E-state index in [2.05, 4.69) is 24.3 Å². The minimum atomic E-state index is -4.32. The van der Waals surface area contributed by atoms with E-state index in [0.29, 0.717) is 5.78 Å². The van der Waals surface area contributed by atoms with Crippen molar-refractivity contribution in [2.45, 2.75) is 69.9 Å². The summed E-state index contributed by atoms with van der Waals surface area (Å²) in [6.45, 7) is 0. The number of hydrogen-bond donors (Lipinski definition) is 0. The molecule has 2 aromatic carbocycles. The number of benzene rings is 2. The third-order valence-corrected chi connectivity index (χ3v) is 7.09. The van der Waals surface area contributed by atoms with Gasteiger partial charge in [0.2, 0.25) is 0 Å². The second kappa shape index (κ2) is 8.56. The standard InChI is InChI=1S/C26H29F3O/c27-26(28,29)21-13-11-20(12-14-21)22-18-23(22)24(30)25(15-5-2-6-16-25)17-7-10-19-8-3-1-4-9-19/h1,3-4,8-9,11-14,22-23H,2,5-7,10,15-18H2. The van der Waals surface area contributed by atoms with E-state index in [1.54, 1.807) is 12.1 Å². The molecule has 0 saturated heterocycles. The number of hydrogen-bond acceptors (Lipinski definition) is 1. The van der Waals surface area contributed by atoms with Crippen molar-refractivity contribution in [3.05, 3.63) is 71.3 Å². The molecule has 1 nitrogen and oxygen atoms in total. The third kappa shape index (κ3) is 4.63. The van der Waals surface area contributed by atoms with Crippen LogP contribution in [0.2, 0.25) is 0 Å². The van der Waals surface area contributed by atoms with E-state index in [9.17, 15) is 18.0 Å².